The first-order chi connectivity index (χ1) is 10.9. The Morgan fingerprint density at radius 2 is 1.91 bits per heavy atom. The van der Waals surface area contributed by atoms with Gasteiger partial charge in [0.25, 0.3) is 5.91 Å². The Hall–Kier alpha value is -1.89. The second-order valence-corrected chi connectivity index (χ2v) is 6.37. The Bertz CT molecular complexity index is 665. The zero-order valence-corrected chi connectivity index (χ0v) is 13.9. The summed E-state index contributed by atoms with van der Waals surface area (Å²) in [5.74, 6) is -0.224. The van der Waals surface area contributed by atoms with Gasteiger partial charge >= 0.3 is 0 Å². The van der Waals surface area contributed by atoms with Crippen LogP contribution < -0.4 is 0 Å². The van der Waals surface area contributed by atoms with E-state index in [4.69, 9.17) is 11.6 Å². The topological polar surface area (TPSA) is 78.6 Å². The quantitative estimate of drug-likeness (QED) is 0.839. The number of carbonyl (C=O) groups excluding carboxylic acids is 1. The number of nitrogens with zero attached hydrogens (tertiary/aromatic N) is 3. The molecule has 0 aliphatic heterocycles. The highest BCUT2D eigenvalue weighted by Gasteiger charge is 2.27. The molecule has 23 heavy (non-hydrogen) atoms. The van der Waals surface area contributed by atoms with Crippen LogP contribution >= 0.6 is 11.6 Å². The molecule has 2 rings (SSSR count). The normalized spacial score (nSPS) is 11.5. The van der Waals surface area contributed by atoms with Crippen LogP contribution in [0.4, 0.5) is 0 Å². The van der Waals surface area contributed by atoms with Crippen molar-refractivity contribution in [2.75, 3.05) is 26.8 Å². The summed E-state index contributed by atoms with van der Waals surface area (Å²) in [7, 11) is 1.63. The maximum Gasteiger partial charge on any atom is 0.256 e. The molecule has 6 nitrogen and oxygen atoms in total. The van der Waals surface area contributed by atoms with Crippen molar-refractivity contribution in [1.82, 2.24) is 14.7 Å². The number of benzene rings is 1. The molecule has 0 saturated carbocycles. The van der Waals surface area contributed by atoms with Crippen LogP contribution in [0.25, 0.3) is 5.69 Å². The summed E-state index contributed by atoms with van der Waals surface area (Å²) >= 11 is 5.85. The highest BCUT2D eigenvalue weighted by molar-refractivity contribution is 6.30. The van der Waals surface area contributed by atoms with E-state index < -0.39 is 5.41 Å². The zero-order chi connectivity index (χ0) is 17.0. The van der Waals surface area contributed by atoms with Gasteiger partial charge in [-0.1, -0.05) is 18.5 Å². The SMILES string of the molecule is CN(CC(C)(CO)CO)C(=O)c1cnn(-c2ccc(Cl)cc2)c1. The smallest absolute Gasteiger partial charge is 0.256 e. The fourth-order valence-corrected chi connectivity index (χ4v) is 2.31. The molecule has 7 heteroatoms. The van der Waals surface area contributed by atoms with Gasteiger partial charge in [-0.2, -0.15) is 5.10 Å². The summed E-state index contributed by atoms with van der Waals surface area (Å²) in [5.41, 5.74) is 0.490. The molecule has 0 bridgehead atoms. The maximum atomic E-state index is 12.4. The number of hydrogen-bond donors (Lipinski definition) is 2. The molecule has 1 aromatic heterocycles. The van der Waals surface area contributed by atoms with Gasteiger partial charge in [0.1, 0.15) is 0 Å². The van der Waals surface area contributed by atoms with Crippen LogP contribution in [0.1, 0.15) is 17.3 Å². The van der Waals surface area contributed by atoms with E-state index >= 15 is 0 Å². The van der Waals surface area contributed by atoms with Crippen LogP contribution in [0.15, 0.2) is 36.7 Å². The summed E-state index contributed by atoms with van der Waals surface area (Å²) < 4.78 is 1.59. The Labute approximate surface area is 139 Å². The molecule has 0 aliphatic carbocycles. The fraction of sp³-hybridized carbons (Fsp3) is 0.375. The van der Waals surface area contributed by atoms with Crippen LogP contribution in [0, 0.1) is 5.41 Å². The standard InChI is InChI=1S/C16H20ClN3O3/c1-16(10-21,11-22)9-19(2)15(23)12-7-18-20(8-12)14-5-3-13(17)4-6-14/h3-8,21-22H,9-11H2,1-2H3. The van der Waals surface area contributed by atoms with E-state index in [9.17, 15) is 15.0 Å². The largest absolute Gasteiger partial charge is 0.396 e. The third kappa shape index (κ3) is 4.10. The Balaban J connectivity index is 2.13. The third-order valence-corrected chi connectivity index (χ3v) is 3.90. The van der Waals surface area contributed by atoms with Gasteiger partial charge in [0, 0.05) is 30.2 Å². The van der Waals surface area contributed by atoms with Gasteiger partial charge in [-0.3, -0.25) is 4.79 Å². The van der Waals surface area contributed by atoms with E-state index in [2.05, 4.69) is 5.10 Å². The first kappa shape index (κ1) is 17.5. The third-order valence-electron chi connectivity index (χ3n) is 3.65. The molecule has 0 fully saturated rings. The second kappa shape index (κ2) is 7.12. The minimum Gasteiger partial charge on any atom is -0.396 e. The zero-order valence-electron chi connectivity index (χ0n) is 13.1. The Morgan fingerprint density at radius 3 is 2.48 bits per heavy atom. The lowest BCUT2D eigenvalue weighted by molar-refractivity contribution is 0.0366. The first-order valence-corrected chi connectivity index (χ1v) is 7.54. The summed E-state index contributed by atoms with van der Waals surface area (Å²) in [5, 5.41) is 23.5. The molecule has 0 radical (unpaired) electrons. The van der Waals surface area contributed by atoms with E-state index in [1.165, 1.54) is 11.1 Å². The van der Waals surface area contributed by atoms with Crippen molar-refractivity contribution in [2.24, 2.45) is 5.41 Å². The lowest BCUT2D eigenvalue weighted by atomic mass is 9.92. The fourth-order valence-electron chi connectivity index (χ4n) is 2.18. The van der Waals surface area contributed by atoms with E-state index in [1.807, 2.05) is 12.1 Å². The van der Waals surface area contributed by atoms with E-state index in [0.29, 0.717) is 10.6 Å². The molecule has 0 aliphatic rings. The van der Waals surface area contributed by atoms with Crippen LogP contribution in [-0.2, 0) is 0 Å². The molecule has 2 N–H and O–H groups in total. The van der Waals surface area contributed by atoms with Crippen LogP contribution in [0.5, 0.6) is 0 Å². The average molecular weight is 338 g/mol. The maximum absolute atomic E-state index is 12.4. The average Bonchev–Trinajstić information content (AvgIpc) is 3.04. The van der Waals surface area contributed by atoms with Gasteiger partial charge in [0.05, 0.1) is 30.7 Å². The number of halogens is 1. The van der Waals surface area contributed by atoms with Gasteiger partial charge < -0.3 is 15.1 Å². The molecule has 0 spiro atoms. The predicted molar refractivity (Wildman–Crippen MR) is 87.8 cm³/mol. The highest BCUT2D eigenvalue weighted by Crippen LogP contribution is 2.18. The lowest BCUT2D eigenvalue weighted by Gasteiger charge is -2.30. The number of amides is 1. The van der Waals surface area contributed by atoms with Crippen molar-refractivity contribution in [3.63, 3.8) is 0 Å². The second-order valence-electron chi connectivity index (χ2n) is 5.94. The monoisotopic (exact) mass is 337 g/mol. The van der Waals surface area contributed by atoms with Crippen molar-refractivity contribution >= 4 is 17.5 Å². The molecular weight excluding hydrogens is 318 g/mol. The number of aliphatic hydroxyl groups is 2. The molecule has 0 atom stereocenters. The first-order valence-electron chi connectivity index (χ1n) is 7.16. The molecule has 2 aromatic rings. The Kier molecular flexibility index (Phi) is 5.41. The van der Waals surface area contributed by atoms with E-state index in [0.717, 1.165) is 5.69 Å². The number of aromatic nitrogens is 2. The van der Waals surface area contributed by atoms with Crippen LogP contribution in [0.2, 0.25) is 5.02 Å². The predicted octanol–water partition coefficient (Wildman–Crippen LogP) is 1.59. The van der Waals surface area contributed by atoms with Crippen LogP contribution in [-0.4, -0.2) is 57.6 Å². The number of rotatable bonds is 6. The summed E-state index contributed by atoms with van der Waals surface area (Å²) in [6, 6.07) is 7.12. The molecule has 1 aromatic carbocycles. The van der Waals surface area contributed by atoms with Crippen molar-refractivity contribution in [1.29, 1.82) is 0 Å². The van der Waals surface area contributed by atoms with Gasteiger partial charge in [-0.25, -0.2) is 4.68 Å². The summed E-state index contributed by atoms with van der Waals surface area (Å²) in [6.45, 7) is 1.55. The molecule has 124 valence electrons. The molecule has 0 unspecified atom stereocenters. The van der Waals surface area contributed by atoms with Gasteiger partial charge in [0.15, 0.2) is 0 Å². The van der Waals surface area contributed by atoms with Crippen molar-refractivity contribution in [3.05, 3.63) is 47.2 Å². The van der Waals surface area contributed by atoms with Gasteiger partial charge in [-0.15, -0.1) is 0 Å². The minimum absolute atomic E-state index is 0.203. The number of aliphatic hydroxyl groups excluding tert-OH is 2. The lowest BCUT2D eigenvalue weighted by Crippen LogP contribution is -2.41. The van der Waals surface area contributed by atoms with E-state index in [1.54, 1.807) is 37.0 Å². The van der Waals surface area contributed by atoms with Gasteiger partial charge in [0.2, 0.25) is 0 Å². The molecule has 1 heterocycles. The van der Waals surface area contributed by atoms with Crippen molar-refractivity contribution < 1.29 is 15.0 Å². The molecule has 1 amide bonds. The molecular formula is C16H20ClN3O3. The summed E-state index contributed by atoms with van der Waals surface area (Å²) in [4.78, 5) is 13.9. The van der Waals surface area contributed by atoms with E-state index in [-0.39, 0.29) is 25.7 Å². The van der Waals surface area contributed by atoms with Crippen LogP contribution in [0.3, 0.4) is 0 Å². The number of hydrogen-bond acceptors (Lipinski definition) is 4. The molecule has 0 saturated heterocycles. The Morgan fingerprint density at radius 1 is 1.30 bits per heavy atom. The number of carbonyl (C=O) groups is 1. The summed E-state index contributed by atoms with van der Waals surface area (Å²) in [6.07, 6.45) is 3.12. The van der Waals surface area contributed by atoms with Crippen molar-refractivity contribution in [3.8, 4) is 5.69 Å². The van der Waals surface area contributed by atoms with Crippen molar-refractivity contribution in [2.45, 2.75) is 6.92 Å². The highest BCUT2D eigenvalue weighted by atomic mass is 35.5. The van der Waals surface area contributed by atoms with Gasteiger partial charge in [-0.05, 0) is 24.3 Å². The minimum atomic E-state index is -0.740.